The monoisotopic (exact) mass is 195 g/mol. The zero-order chi connectivity index (χ0) is 10.2. The van der Waals surface area contributed by atoms with Crippen LogP contribution in [0, 0.1) is 0 Å². The first-order chi connectivity index (χ1) is 5.89. The summed E-state index contributed by atoms with van der Waals surface area (Å²) in [4.78, 5) is 0. The molecule has 1 rings (SSSR count). The van der Waals surface area contributed by atoms with Gasteiger partial charge in [-0.2, -0.15) is 0 Å². The summed E-state index contributed by atoms with van der Waals surface area (Å²) in [7, 11) is 0. The molecule has 1 saturated heterocycles. The third kappa shape index (κ3) is 1.69. The van der Waals surface area contributed by atoms with Crippen molar-refractivity contribution in [2.75, 3.05) is 6.61 Å². The van der Waals surface area contributed by atoms with Crippen molar-refractivity contribution < 1.29 is 30.3 Å². The van der Waals surface area contributed by atoms with E-state index in [9.17, 15) is 15.3 Å². The fourth-order valence-corrected chi connectivity index (χ4v) is 1.23. The van der Waals surface area contributed by atoms with Crippen molar-refractivity contribution in [1.82, 2.24) is 0 Å². The molecule has 0 aliphatic carbocycles. The van der Waals surface area contributed by atoms with E-state index in [1.165, 1.54) is 6.92 Å². The molecule has 0 aromatic carbocycles. The summed E-state index contributed by atoms with van der Waals surface area (Å²) in [5.41, 5.74) is 0. The lowest BCUT2D eigenvalue weighted by molar-refractivity contribution is -0.348. The molecule has 0 bridgehead atoms. The number of rotatable bonds is 1. The van der Waals surface area contributed by atoms with E-state index in [0.717, 1.165) is 0 Å². The summed E-state index contributed by atoms with van der Waals surface area (Å²) in [6, 6.07) is 0. The Hall–Kier alpha value is -0.240. The number of hydrogen-bond donors (Lipinski definition) is 5. The summed E-state index contributed by atoms with van der Waals surface area (Å²) >= 11 is 0. The van der Waals surface area contributed by atoms with E-state index in [1.807, 2.05) is 0 Å². The Morgan fingerprint density at radius 2 is 1.92 bits per heavy atom. The van der Waals surface area contributed by atoms with Crippen LogP contribution in [0.3, 0.4) is 0 Å². The Labute approximate surface area is 75.0 Å². The van der Waals surface area contributed by atoms with Crippen molar-refractivity contribution >= 4 is 0 Å². The molecule has 1 aliphatic heterocycles. The highest BCUT2D eigenvalue weighted by Gasteiger charge is 2.51. The maximum absolute atomic E-state index is 9.51. The molecular weight excluding hydrogens is 181 g/mol. The fraction of sp³-hybridized carbons (Fsp3) is 1.00. The maximum Gasteiger partial charge on any atom is 0.221 e. The highest BCUT2D eigenvalue weighted by Crippen LogP contribution is 2.26. The molecule has 5 atom stereocenters. The SMILES string of the molecule is C[13CH](O)[C@@]1(O)OC[C@@H](O)C(O)C1O. The van der Waals surface area contributed by atoms with Gasteiger partial charge >= 0.3 is 0 Å². The molecule has 1 heterocycles. The molecule has 0 spiro atoms. The molecule has 0 amide bonds. The molecule has 6 heteroatoms. The second-order valence-electron chi connectivity index (χ2n) is 3.24. The summed E-state index contributed by atoms with van der Waals surface area (Å²) in [5, 5.41) is 46.1. The lowest BCUT2D eigenvalue weighted by Crippen LogP contribution is -2.65. The third-order valence-corrected chi connectivity index (χ3v) is 2.23. The van der Waals surface area contributed by atoms with E-state index in [4.69, 9.17) is 10.2 Å². The van der Waals surface area contributed by atoms with Crippen molar-refractivity contribution in [1.29, 1.82) is 0 Å². The minimum absolute atomic E-state index is 0.334. The van der Waals surface area contributed by atoms with Crippen LogP contribution in [0.4, 0.5) is 0 Å². The molecule has 1 fully saturated rings. The van der Waals surface area contributed by atoms with Crippen molar-refractivity contribution in [3.8, 4) is 0 Å². The molecular formula is C7H14O6. The Morgan fingerprint density at radius 1 is 1.38 bits per heavy atom. The van der Waals surface area contributed by atoms with Crippen LogP contribution in [0.15, 0.2) is 0 Å². The van der Waals surface area contributed by atoms with Gasteiger partial charge in [-0.15, -0.1) is 0 Å². The summed E-state index contributed by atoms with van der Waals surface area (Å²) in [6.07, 6.45) is -5.86. The van der Waals surface area contributed by atoms with Gasteiger partial charge in [0.1, 0.15) is 24.4 Å². The van der Waals surface area contributed by atoms with Gasteiger partial charge in [-0.25, -0.2) is 0 Å². The zero-order valence-electron chi connectivity index (χ0n) is 7.16. The van der Waals surface area contributed by atoms with Crippen molar-refractivity contribution in [2.45, 2.75) is 37.1 Å². The number of hydrogen-bond acceptors (Lipinski definition) is 6. The van der Waals surface area contributed by atoms with Gasteiger partial charge < -0.3 is 30.3 Å². The van der Waals surface area contributed by atoms with E-state index in [0.29, 0.717) is 0 Å². The molecule has 3 unspecified atom stereocenters. The average molecular weight is 195 g/mol. The molecule has 1 aliphatic rings. The smallest absolute Gasteiger partial charge is 0.221 e. The van der Waals surface area contributed by atoms with Gasteiger partial charge in [0, 0.05) is 0 Å². The second kappa shape index (κ2) is 3.49. The van der Waals surface area contributed by atoms with E-state index in [-0.39, 0.29) is 6.61 Å². The van der Waals surface area contributed by atoms with Crippen LogP contribution in [0.25, 0.3) is 0 Å². The molecule has 13 heavy (non-hydrogen) atoms. The Kier molecular flexibility index (Phi) is 2.91. The van der Waals surface area contributed by atoms with Crippen LogP contribution in [-0.2, 0) is 4.74 Å². The molecule has 5 N–H and O–H groups in total. The third-order valence-electron chi connectivity index (χ3n) is 2.23. The zero-order valence-corrected chi connectivity index (χ0v) is 7.16. The van der Waals surface area contributed by atoms with E-state index in [2.05, 4.69) is 4.74 Å². The Morgan fingerprint density at radius 3 is 2.38 bits per heavy atom. The predicted octanol–water partition coefficient (Wildman–Crippen LogP) is -2.83. The molecule has 6 nitrogen and oxygen atoms in total. The standard InChI is InChI=1S/C7H14O6/c1-3(8)7(12)6(11)5(10)4(9)2-13-7/h3-6,8-12H,2H2,1H3/t3?,4-,5?,6?,7-/m1/s1/i3+1. The highest BCUT2D eigenvalue weighted by molar-refractivity contribution is 4.94. The second-order valence-corrected chi connectivity index (χ2v) is 3.24. The quantitative estimate of drug-likeness (QED) is 0.288. The molecule has 78 valence electrons. The average Bonchev–Trinajstić information content (AvgIpc) is 2.08. The molecule has 0 saturated carbocycles. The minimum Gasteiger partial charge on any atom is -0.388 e. The van der Waals surface area contributed by atoms with Crippen molar-refractivity contribution in [3.63, 3.8) is 0 Å². The topological polar surface area (TPSA) is 110 Å². The van der Waals surface area contributed by atoms with Crippen LogP contribution >= 0.6 is 0 Å². The van der Waals surface area contributed by atoms with Crippen molar-refractivity contribution in [2.24, 2.45) is 0 Å². The van der Waals surface area contributed by atoms with Crippen LogP contribution < -0.4 is 0 Å². The van der Waals surface area contributed by atoms with Gasteiger partial charge in [-0.05, 0) is 6.92 Å². The summed E-state index contributed by atoms with van der Waals surface area (Å²) in [6.45, 7) is 0.882. The lowest BCUT2D eigenvalue weighted by atomic mass is 10.00. The predicted molar refractivity (Wildman–Crippen MR) is 40.6 cm³/mol. The van der Waals surface area contributed by atoms with Crippen LogP contribution in [-0.4, -0.2) is 62.3 Å². The summed E-state index contributed by atoms with van der Waals surface area (Å²) < 4.78 is 4.67. The molecule has 0 aromatic heterocycles. The van der Waals surface area contributed by atoms with Crippen LogP contribution in [0.2, 0.25) is 0 Å². The first kappa shape index (κ1) is 10.8. The fourth-order valence-electron chi connectivity index (χ4n) is 1.23. The molecule has 0 radical (unpaired) electrons. The van der Waals surface area contributed by atoms with E-state index in [1.54, 1.807) is 0 Å². The largest absolute Gasteiger partial charge is 0.388 e. The normalized spacial score (nSPS) is 48.9. The molecule has 0 aromatic rings. The Bertz CT molecular complexity index is 184. The number of ether oxygens (including phenoxy) is 1. The maximum atomic E-state index is 9.51. The van der Waals surface area contributed by atoms with Gasteiger partial charge in [0.15, 0.2) is 0 Å². The first-order valence-electron chi connectivity index (χ1n) is 3.98. The van der Waals surface area contributed by atoms with E-state index < -0.39 is 30.2 Å². The number of aliphatic hydroxyl groups is 5. The van der Waals surface area contributed by atoms with Gasteiger partial charge in [0.2, 0.25) is 5.79 Å². The summed E-state index contributed by atoms with van der Waals surface area (Å²) in [5.74, 6) is -2.21. The lowest BCUT2D eigenvalue weighted by Gasteiger charge is -2.43. The number of aliphatic hydroxyl groups excluding tert-OH is 4. The van der Waals surface area contributed by atoms with E-state index >= 15 is 0 Å². The van der Waals surface area contributed by atoms with Gasteiger partial charge in [0.25, 0.3) is 0 Å². The van der Waals surface area contributed by atoms with Crippen LogP contribution in [0.5, 0.6) is 0 Å². The Balaban J connectivity index is 2.79. The van der Waals surface area contributed by atoms with Gasteiger partial charge in [0.05, 0.1) is 6.61 Å². The van der Waals surface area contributed by atoms with Crippen LogP contribution in [0.1, 0.15) is 6.92 Å². The van der Waals surface area contributed by atoms with Crippen molar-refractivity contribution in [3.05, 3.63) is 0 Å². The first-order valence-corrected chi connectivity index (χ1v) is 3.98. The van der Waals surface area contributed by atoms with Gasteiger partial charge in [-0.1, -0.05) is 0 Å². The van der Waals surface area contributed by atoms with Gasteiger partial charge in [-0.3, -0.25) is 0 Å². The highest BCUT2D eigenvalue weighted by atomic mass is 16.7. The minimum atomic E-state index is -2.21.